The molecule has 4 atom stereocenters. The predicted molar refractivity (Wildman–Crippen MR) is 99.5 cm³/mol. The smallest absolute Gasteiger partial charge is 0.139 e. The van der Waals surface area contributed by atoms with Crippen molar-refractivity contribution in [2.75, 3.05) is 13.1 Å². The lowest BCUT2D eigenvalue weighted by Gasteiger charge is -2.35. The number of aliphatic hydroxyl groups excluding tert-OH is 1. The first-order chi connectivity index (χ1) is 12.7. The molecule has 0 radical (unpaired) electrons. The van der Waals surface area contributed by atoms with Gasteiger partial charge in [-0.25, -0.2) is 4.98 Å². The summed E-state index contributed by atoms with van der Waals surface area (Å²) in [6, 6.07) is 6.24. The molecule has 1 aliphatic carbocycles. The molecule has 26 heavy (non-hydrogen) atoms. The van der Waals surface area contributed by atoms with E-state index in [2.05, 4.69) is 38.9 Å². The Morgan fingerprint density at radius 3 is 2.81 bits per heavy atom. The molecule has 6 heteroatoms. The largest absolute Gasteiger partial charge is 0.391 e. The minimum absolute atomic E-state index is 0.118. The topological polar surface area (TPSA) is 59.1 Å². The highest BCUT2D eigenvalue weighted by Gasteiger charge is 2.42. The Bertz CT molecular complexity index is 902. The van der Waals surface area contributed by atoms with Gasteiger partial charge < -0.3 is 9.67 Å². The number of aromatic nitrogens is 4. The first-order valence-electron chi connectivity index (χ1n) is 9.47. The normalized spacial score (nSPS) is 29.3. The Balaban J connectivity index is 1.33. The molecule has 5 rings (SSSR count). The Labute approximate surface area is 153 Å². The molecule has 1 saturated carbocycles. The summed E-state index contributed by atoms with van der Waals surface area (Å²) in [6.45, 7) is 3.13. The van der Waals surface area contributed by atoms with Gasteiger partial charge in [0.2, 0.25) is 0 Å². The van der Waals surface area contributed by atoms with E-state index in [9.17, 15) is 5.11 Å². The number of hydrogen-bond donors (Lipinski definition) is 1. The number of aliphatic hydroxyl groups is 1. The van der Waals surface area contributed by atoms with Gasteiger partial charge in [-0.3, -0.25) is 9.58 Å². The number of rotatable bonds is 3. The SMILES string of the molecule is Cn1cc(CN2C[C@H]3C[C@@H](n4cccn4)[C@H](O)C[C@H]3C2)c2cccnc21. The molecular weight excluding hydrogens is 326 g/mol. The van der Waals surface area contributed by atoms with Gasteiger partial charge in [0.15, 0.2) is 0 Å². The van der Waals surface area contributed by atoms with Crippen LogP contribution in [0.2, 0.25) is 0 Å². The highest BCUT2D eigenvalue weighted by molar-refractivity contribution is 5.80. The van der Waals surface area contributed by atoms with Gasteiger partial charge >= 0.3 is 0 Å². The van der Waals surface area contributed by atoms with E-state index in [-0.39, 0.29) is 12.1 Å². The van der Waals surface area contributed by atoms with E-state index in [0.29, 0.717) is 11.8 Å². The number of nitrogens with zero attached hydrogens (tertiary/aromatic N) is 5. The van der Waals surface area contributed by atoms with Crippen molar-refractivity contribution < 1.29 is 5.11 Å². The monoisotopic (exact) mass is 351 g/mol. The number of fused-ring (bicyclic) bond motifs is 2. The molecule has 0 bridgehead atoms. The van der Waals surface area contributed by atoms with Gasteiger partial charge in [0, 0.05) is 56.9 Å². The maximum absolute atomic E-state index is 10.6. The average Bonchev–Trinajstić information content (AvgIpc) is 3.35. The van der Waals surface area contributed by atoms with Crippen LogP contribution in [-0.2, 0) is 13.6 Å². The summed E-state index contributed by atoms with van der Waals surface area (Å²) in [5.74, 6) is 1.23. The lowest BCUT2D eigenvalue weighted by molar-refractivity contribution is 0.0306. The van der Waals surface area contributed by atoms with Crippen LogP contribution >= 0.6 is 0 Å². The highest BCUT2D eigenvalue weighted by atomic mass is 16.3. The van der Waals surface area contributed by atoms with Crippen LogP contribution in [0.1, 0.15) is 24.4 Å². The van der Waals surface area contributed by atoms with E-state index in [4.69, 9.17) is 0 Å². The minimum Gasteiger partial charge on any atom is -0.391 e. The van der Waals surface area contributed by atoms with Gasteiger partial charge in [-0.1, -0.05) is 0 Å². The molecule has 1 aliphatic heterocycles. The second-order valence-corrected chi connectivity index (χ2v) is 7.95. The van der Waals surface area contributed by atoms with E-state index in [1.54, 1.807) is 6.20 Å². The fraction of sp³-hybridized carbons (Fsp3) is 0.500. The Morgan fingerprint density at radius 2 is 2.00 bits per heavy atom. The van der Waals surface area contributed by atoms with Crippen LogP contribution in [0.4, 0.5) is 0 Å². The third kappa shape index (κ3) is 2.64. The van der Waals surface area contributed by atoms with Crippen molar-refractivity contribution in [2.24, 2.45) is 18.9 Å². The molecule has 1 N–H and O–H groups in total. The lowest BCUT2D eigenvalue weighted by atomic mass is 9.77. The Hall–Kier alpha value is -2.18. The first-order valence-corrected chi connectivity index (χ1v) is 9.47. The van der Waals surface area contributed by atoms with Gasteiger partial charge in [-0.15, -0.1) is 0 Å². The van der Waals surface area contributed by atoms with Crippen LogP contribution in [0, 0.1) is 11.8 Å². The standard InChI is InChI=1S/C20H25N5O/c1-23-10-16(17-4-2-5-21-20(17)23)13-24-11-14-8-18(25-7-3-6-22-25)19(26)9-15(14)12-24/h2-7,10,14-15,18-19,26H,8-9,11-13H2,1H3/t14-,15+,18-,19-/m1/s1. The van der Waals surface area contributed by atoms with Crippen molar-refractivity contribution in [2.45, 2.75) is 31.5 Å². The van der Waals surface area contributed by atoms with Gasteiger partial charge in [0.25, 0.3) is 0 Å². The fourth-order valence-corrected chi connectivity index (χ4v) is 5.05. The summed E-state index contributed by atoms with van der Waals surface area (Å²) in [5, 5.41) is 16.2. The maximum Gasteiger partial charge on any atom is 0.139 e. The summed E-state index contributed by atoms with van der Waals surface area (Å²) in [5.41, 5.74) is 2.40. The molecule has 6 nitrogen and oxygen atoms in total. The fourth-order valence-electron chi connectivity index (χ4n) is 5.05. The molecule has 0 amide bonds. The van der Waals surface area contributed by atoms with Gasteiger partial charge in [0.1, 0.15) is 5.65 Å². The number of likely N-dealkylation sites (tertiary alicyclic amines) is 1. The molecule has 1 saturated heterocycles. The van der Waals surface area contributed by atoms with E-state index in [1.807, 2.05) is 29.2 Å². The average molecular weight is 351 g/mol. The van der Waals surface area contributed by atoms with Crippen molar-refractivity contribution in [1.82, 2.24) is 24.2 Å². The second-order valence-electron chi connectivity index (χ2n) is 7.95. The van der Waals surface area contributed by atoms with Crippen molar-refractivity contribution in [3.63, 3.8) is 0 Å². The zero-order valence-electron chi connectivity index (χ0n) is 15.1. The molecule has 0 aromatic carbocycles. The third-order valence-electron chi connectivity index (χ3n) is 6.26. The third-order valence-corrected chi connectivity index (χ3v) is 6.26. The molecule has 3 aromatic heterocycles. The van der Waals surface area contributed by atoms with E-state index in [1.165, 1.54) is 10.9 Å². The predicted octanol–water partition coefficient (Wildman–Crippen LogP) is 2.21. The van der Waals surface area contributed by atoms with Crippen molar-refractivity contribution in [3.8, 4) is 0 Å². The molecular formula is C20H25N5O. The summed E-state index contributed by atoms with van der Waals surface area (Å²) in [6.07, 6.45) is 9.44. The van der Waals surface area contributed by atoms with Crippen molar-refractivity contribution in [3.05, 3.63) is 48.5 Å². The van der Waals surface area contributed by atoms with Crippen LogP contribution in [0.5, 0.6) is 0 Å². The van der Waals surface area contributed by atoms with Crippen LogP contribution in [0.25, 0.3) is 11.0 Å². The Kier molecular flexibility index (Phi) is 3.83. The number of hydrogen-bond acceptors (Lipinski definition) is 4. The number of pyridine rings is 1. The van der Waals surface area contributed by atoms with Gasteiger partial charge in [0.05, 0.1) is 12.1 Å². The number of aryl methyl sites for hydroxylation is 1. The molecule has 136 valence electrons. The zero-order chi connectivity index (χ0) is 17.7. The van der Waals surface area contributed by atoms with Crippen LogP contribution in [0.15, 0.2) is 43.0 Å². The molecule has 2 aliphatic rings. The van der Waals surface area contributed by atoms with Crippen LogP contribution in [0.3, 0.4) is 0 Å². The summed E-state index contributed by atoms with van der Waals surface area (Å²) < 4.78 is 4.06. The van der Waals surface area contributed by atoms with E-state index >= 15 is 0 Å². The van der Waals surface area contributed by atoms with Gasteiger partial charge in [-0.05, 0) is 48.4 Å². The molecule has 0 spiro atoms. The molecule has 3 aromatic rings. The summed E-state index contributed by atoms with van der Waals surface area (Å²) >= 11 is 0. The first kappa shape index (κ1) is 16.0. The highest BCUT2D eigenvalue weighted by Crippen LogP contribution is 2.41. The molecule has 2 fully saturated rings. The zero-order valence-corrected chi connectivity index (χ0v) is 15.1. The Morgan fingerprint density at radius 1 is 1.15 bits per heavy atom. The van der Waals surface area contributed by atoms with Crippen LogP contribution in [-0.4, -0.2) is 48.5 Å². The lowest BCUT2D eigenvalue weighted by Crippen LogP contribution is -2.36. The van der Waals surface area contributed by atoms with E-state index < -0.39 is 0 Å². The maximum atomic E-state index is 10.6. The van der Waals surface area contributed by atoms with Crippen molar-refractivity contribution >= 4 is 11.0 Å². The van der Waals surface area contributed by atoms with Crippen LogP contribution < -0.4 is 0 Å². The summed E-state index contributed by atoms with van der Waals surface area (Å²) in [4.78, 5) is 7.05. The van der Waals surface area contributed by atoms with Gasteiger partial charge in [-0.2, -0.15) is 5.10 Å². The van der Waals surface area contributed by atoms with Crippen molar-refractivity contribution in [1.29, 1.82) is 0 Å². The summed E-state index contributed by atoms with van der Waals surface area (Å²) in [7, 11) is 2.06. The quantitative estimate of drug-likeness (QED) is 0.786. The minimum atomic E-state index is -0.294. The second kappa shape index (κ2) is 6.21. The molecule has 0 unspecified atom stereocenters. The molecule has 4 heterocycles. The van der Waals surface area contributed by atoms with E-state index in [0.717, 1.165) is 38.1 Å².